The molecule has 0 unspecified atom stereocenters. The Morgan fingerprint density at radius 1 is 1.28 bits per heavy atom. The SMILES string of the molecule is CCC[C@H](C)c1cc([N+](=O)[O-])cc([N+](=O)[O-])c1O. The number of rotatable bonds is 5. The Morgan fingerprint density at radius 3 is 2.33 bits per heavy atom. The molecule has 1 N–H and O–H groups in total. The minimum Gasteiger partial charge on any atom is -0.502 e. The van der Waals surface area contributed by atoms with E-state index < -0.39 is 21.3 Å². The van der Waals surface area contributed by atoms with Gasteiger partial charge in [0.1, 0.15) is 0 Å². The molecule has 7 heteroatoms. The molecule has 18 heavy (non-hydrogen) atoms. The Bertz CT molecular complexity index is 487. The Labute approximate surface area is 103 Å². The number of non-ortho nitro benzene ring substituents is 1. The minimum atomic E-state index is -0.815. The van der Waals surface area contributed by atoms with Gasteiger partial charge in [-0.1, -0.05) is 20.3 Å². The third-order valence-corrected chi connectivity index (χ3v) is 2.76. The van der Waals surface area contributed by atoms with Crippen LogP contribution in [-0.2, 0) is 0 Å². The van der Waals surface area contributed by atoms with Crippen LogP contribution in [0.4, 0.5) is 11.4 Å². The van der Waals surface area contributed by atoms with Crippen LogP contribution in [0.15, 0.2) is 12.1 Å². The van der Waals surface area contributed by atoms with E-state index in [0.717, 1.165) is 12.5 Å². The monoisotopic (exact) mass is 254 g/mol. The highest BCUT2D eigenvalue weighted by Gasteiger charge is 2.25. The first kappa shape index (κ1) is 13.9. The van der Waals surface area contributed by atoms with E-state index in [4.69, 9.17) is 0 Å². The van der Waals surface area contributed by atoms with Crippen molar-refractivity contribution in [1.29, 1.82) is 0 Å². The summed E-state index contributed by atoms with van der Waals surface area (Å²) in [5, 5.41) is 31.3. The normalized spacial score (nSPS) is 12.1. The van der Waals surface area contributed by atoms with E-state index in [2.05, 4.69) is 0 Å². The van der Waals surface area contributed by atoms with Gasteiger partial charge in [0.15, 0.2) is 5.75 Å². The van der Waals surface area contributed by atoms with Gasteiger partial charge in [-0.05, 0) is 12.3 Å². The van der Waals surface area contributed by atoms with E-state index in [1.807, 2.05) is 6.92 Å². The Morgan fingerprint density at radius 2 is 1.89 bits per heavy atom. The lowest BCUT2D eigenvalue weighted by atomic mass is 9.94. The summed E-state index contributed by atoms with van der Waals surface area (Å²) >= 11 is 0. The van der Waals surface area contributed by atoms with Crippen LogP contribution in [0.2, 0.25) is 0 Å². The Kier molecular flexibility index (Phi) is 4.19. The van der Waals surface area contributed by atoms with Crippen molar-refractivity contribution in [2.75, 3.05) is 0 Å². The zero-order valence-electron chi connectivity index (χ0n) is 10.1. The quantitative estimate of drug-likeness (QED) is 0.641. The average Bonchev–Trinajstić information content (AvgIpc) is 2.28. The summed E-state index contributed by atoms with van der Waals surface area (Å²) in [6.45, 7) is 3.70. The first-order valence-electron chi connectivity index (χ1n) is 5.54. The van der Waals surface area contributed by atoms with Crippen molar-refractivity contribution in [3.63, 3.8) is 0 Å². The van der Waals surface area contributed by atoms with Crippen LogP contribution in [0.3, 0.4) is 0 Å². The second-order valence-corrected chi connectivity index (χ2v) is 4.11. The highest BCUT2D eigenvalue weighted by atomic mass is 16.6. The second kappa shape index (κ2) is 5.44. The zero-order valence-corrected chi connectivity index (χ0v) is 10.1. The van der Waals surface area contributed by atoms with Crippen molar-refractivity contribution in [2.45, 2.75) is 32.6 Å². The standard InChI is InChI=1S/C11H14N2O5/c1-3-4-7(2)9-5-8(12(15)16)6-10(11(9)14)13(17)18/h5-7,14H,3-4H2,1-2H3/t7-/m0/s1. The average molecular weight is 254 g/mol. The molecule has 0 heterocycles. The molecule has 0 saturated heterocycles. The molecule has 0 aromatic heterocycles. The van der Waals surface area contributed by atoms with Crippen LogP contribution in [0.25, 0.3) is 0 Å². The smallest absolute Gasteiger partial charge is 0.317 e. The summed E-state index contributed by atoms with van der Waals surface area (Å²) in [7, 11) is 0. The molecular weight excluding hydrogens is 240 g/mol. The van der Waals surface area contributed by atoms with Gasteiger partial charge in [0.05, 0.1) is 15.9 Å². The van der Waals surface area contributed by atoms with E-state index in [0.29, 0.717) is 6.42 Å². The van der Waals surface area contributed by atoms with Crippen LogP contribution in [-0.4, -0.2) is 15.0 Å². The number of benzene rings is 1. The van der Waals surface area contributed by atoms with Gasteiger partial charge < -0.3 is 5.11 Å². The molecule has 98 valence electrons. The summed E-state index contributed by atoms with van der Waals surface area (Å²) in [6, 6.07) is 1.97. The third-order valence-electron chi connectivity index (χ3n) is 2.76. The first-order valence-corrected chi connectivity index (χ1v) is 5.54. The summed E-state index contributed by atoms with van der Waals surface area (Å²) in [5.74, 6) is -0.653. The highest BCUT2D eigenvalue weighted by molar-refractivity contribution is 5.58. The van der Waals surface area contributed by atoms with Crippen molar-refractivity contribution < 1.29 is 15.0 Å². The van der Waals surface area contributed by atoms with Gasteiger partial charge in [-0.25, -0.2) is 0 Å². The minimum absolute atomic E-state index is 0.173. The maximum Gasteiger partial charge on any atom is 0.317 e. The number of nitrogens with zero attached hydrogens (tertiary/aromatic N) is 2. The van der Waals surface area contributed by atoms with Gasteiger partial charge in [0.25, 0.3) is 5.69 Å². The lowest BCUT2D eigenvalue weighted by molar-refractivity contribution is -0.394. The fourth-order valence-corrected chi connectivity index (χ4v) is 1.83. The molecule has 0 aliphatic heterocycles. The third kappa shape index (κ3) is 2.73. The van der Waals surface area contributed by atoms with Crippen LogP contribution in [0.5, 0.6) is 5.75 Å². The van der Waals surface area contributed by atoms with Crippen molar-refractivity contribution in [3.05, 3.63) is 37.9 Å². The van der Waals surface area contributed by atoms with Gasteiger partial charge in [0, 0.05) is 11.6 Å². The topological polar surface area (TPSA) is 107 Å². The van der Waals surface area contributed by atoms with Crippen LogP contribution in [0.1, 0.15) is 38.2 Å². The molecule has 0 spiro atoms. The van der Waals surface area contributed by atoms with Crippen molar-refractivity contribution in [3.8, 4) is 5.75 Å². The summed E-state index contributed by atoms with van der Waals surface area (Å²) < 4.78 is 0. The molecule has 1 atom stereocenters. The molecule has 0 aliphatic rings. The summed E-state index contributed by atoms with van der Waals surface area (Å²) in [5.41, 5.74) is -0.752. The van der Waals surface area contributed by atoms with E-state index in [9.17, 15) is 25.3 Å². The molecule has 1 aromatic rings. The Balaban J connectivity index is 3.40. The summed E-state index contributed by atoms with van der Waals surface area (Å²) in [4.78, 5) is 20.0. The van der Waals surface area contributed by atoms with Crippen LogP contribution in [0, 0.1) is 20.2 Å². The summed E-state index contributed by atoms with van der Waals surface area (Å²) in [6.07, 6.45) is 1.50. The fourth-order valence-electron chi connectivity index (χ4n) is 1.83. The lowest BCUT2D eigenvalue weighted by Gasteiger charge is -2.12. The zero-order chi connectivity index (χ0) is 13.9. The van der Waals surface area contributed by atoms with Gasteiger partial charge in [-0.3, -0.25) is 20.2 Å². The van der Waals surface area contributed by atoms with E-state index in [1.165, 1.54) is 6.07 Å². The molecule has 0 fully saturated rings. The Hall–Kier alpha value is -2.18. The van der Waals surface area contributed by atoms with E-state index >= 15 is 0 Å². The van der Waals surface area contributed by atoms with Crippen LogP contribution >= 0.6 is 0 Å². The molecule has 0 saturated carbocycles. The maximum atomic E-state index is 10.8. The van der Waals surface area contributed by atoms with Gasteiger partial charge >= 0.3 is 5.69 Å². The number of aromatic hydroxyl groups is 1. The molecule has 0 aliphatic carbocycles. The predicted octanol–water partition coefficient (Wildman–Crippen LogP) is 3.11. The molecule has 0 amide bonds. The molecule has 0 radical (unpaired) electrons. The van der Waals surface area contributed by atoms with Gasteiger partial charge in [-0.2, -0.15) is 0 Å². The number of nitro groups is 2. The fraction of sp³-hybridized carbons (Fsp3) is 0.455. The molecular formula is C11H14N2O5. The maximum absolute atomic E-state index is 10.8. The van der Waals surface area contributed by atoms with Crippen molar-refractivity contribution in [2.24, 2.45) is 0 Å². The number of phenols is 1. The number of hydrogen-bond acceptors (Lipinski definition) is 5. The number of hydrogen-bond donors (Lipinski definition) is 1. The van der Waals surface area contributed by atoms with Gasteiger partial charge in [-0.15, -0.1) is 0 Å². The largest absolute Gasteiger partial charge is 0.502 e. The number of phenolic OH excluding ortho intramolecular Hbond substituents is 1. The van der Waals surface area contributed by atoms with Gasteiger partial charge in [0.2, 0.25) is 0 Å². The van der Waals surface area contributed by atoms with E-state index in [-0.39, 0.29) is 17.2 Å². The lowest BCUT2D eigenvalue weighted by Crippen LogP contribution is -2.00. The second-order valence-electron chi connectivity index (χ2n) is 4.11. The van der Waals surface area contributed by atoms with Crippen molar-refractivity contribution in [1.82, 2.24) is 0 Å². The molecule has 1 aromatic carbocycles. The first-order chi connectivity index (χ1) is 8.38. The molecule has 7 nitrogen and oxygen atoms in total. The van der Waals surface area contributed by atoms with Crippen molar-refractivity contribution >= 4 is 11.4 Å². The van der Waals surface area contributed by atoms with Crippen LogP contribution < -0.4 is 0 Å². The molecule has 0 bridgehead atoms. The molecule has 1 rings (SSSR count). The number of nitro benzene ring substituents is 2. The van der Waals surface area contributed by atoms with E-state index in [1.54, 1.807) is 6.92 Å². The predicted molar refractivity (Wildman–Crippen MR) is 64.7 cm³/mol. The highest BCUT2D eigenvalue weighted by Crippen LogP contribution is 2.39.